The van der Waals surface area contributed by atoms with Gasteiger partial charge in [0.25, 0.3) is 5.56 Å². The molecule has 2 aromatic heterocycles. The SMILES string of the molecule is Cc1ccccc1-n1c(C)nc2[nH]ncc2c1=O. The number of nitrogens with zero attached hydrogens (tertiary/aromatic N) is 3. The van der Waals surface area contributed by atoms with Crippen molar-refractivity contribution in [2.24, 2.45) is 0 Å². The lowest BCUT2D eigenvalue weighted by Gasteiger charge is -2.11. The highest BCUT2D eigenvalue weighted by molar-refractivity contribution is 5.73. The zero-order chi connectivity index (χ0) is 12.7. The van der Waals surface area contributed by atoms with Gasteiger partial charge in [-0.1, -0.05) is 18.2 Å². The van der Waals surface area contributed by atoms with Gasteiger partial charge in [-0.05, 0) is 25.5 Å². The minimum Gasteiger partial charge on any atom is -0.268 e. The summed E-state index contributed by atoms with van der Waals surface area (Å²) in [6.07, 6.45) is 1.51. The van der Waals surface area contributed by atoms with E-state index >= 15 is 0 Å². The molecule has 18 heavy (non-hydrogen) atoms. The van der Waals surface area contributed by atoms with Gasteiger partial charge in [-0.25, -0.2) is 4.98 Å². The predicted molar refractivity (Wildman–Crippen MR) is 69.0 cm³/mol. The molecule has 0 amide bonds. The van der Waals surface area contributed by atoms with Crippen LogP contribution in [0.3, 0.4) is 0 Å². The number of fused-ring (bicyclic) bond motifs is 1. The highest BCUT2D eigenvalue weighted by Crippen LogP contribution is 2.14. The number of benzene rings is 1. The zero-order valence-electron chi connectivity index (χ0n) is 10.1. The largest absolute Gasteiger partial charge is 0.269 e. The summed E-state index contributed by atoms with van der Waals surface area (Å²) in [5.74, 6) is 0.644. The molecule has 5 heteroatoms. The first kappa shape index (κ1) is 10.7. The smallest absolute Gasteiger partial charge is 0.268 e. The van der Waals surface area contributed by atoms with Gasteiger partial charge >= 0.3 is 0 Å². The monoisotopic (exact) mass is 240 g/mol. The number of aromatic nitrogens is 4. The zero-order valence-corrected chi connectivity index (χ0v) is 10.1. The van der Waals surface area contributed by atoms with Crippen LogP contribution in [0.4, 0.5) is 0 Å². The Kier molecular flexibility index (Phi) is 2.26. The first-order valence-electron chi connectivity index (χ1n) is 5.67. The summed E-state index contributed by atoms with van der Waals surface area (Å²) in [5, 5.41) is 7.08. The molecular formula is C13H12N4O. The lowest BCUT2D eigenvalue weighted by Crippen LogP contribution is -2.22. The number of aryl methyl sites for hydroxylation is 2. The molecule has 3 rings (SSSR count). The molecular weight excluding hydrogens is 228 g/mol. The molecule has 0 fully saturated rings. The third kappa shape index (κ3) is 1.44. The number of para-hydroxylation sites is 1. The molecule has 0 aliphatic carbocycles. The molecule has 0 bridgehead atoms. The lowest BCUT2D eigenvalue weighted by molar-refractivity contribution is 0.884. The van der Waals surface area contributed by atoms with Gasteiger partial charge in [0.1, 0.15) is 11.2 Å². The maximum atomic E-state index is 12.4. The Hall–Kier alpha value is -2.43. The van der Waals surface area contributed by atoms with Crippen LogP contribution >= 0.6 is 0 Å². The Morgan fingerprint density at radius 1 is 1.22 bits per heavy atom. The van der Waals surface area contributed by atoms with Gasteiger partial charge in [-0.15, -0.1) is 0 Å². The number of nitrogens with one attached hydrogen (secondary N) is 1. The second-order valence-corrected chi connectivity index (χ2v) is 4.22. The summed E-state index contributed by atoms with van der Waals surface area (Å²) < 4.78 is 1.62. The van der Waals surface area contributed by atoms with Crippen molar-refractivity contribution in [1.29, 1.82) is 0 Å². The van der Waals surface area contributed by atoms with E-state index < -0.39 is 0 Å². The van der Waals surface area contributed by atoms with Gasteiger partial charge in [-0.2, -0.15) is 5.10 Å². The minimum absolute atomic E-state index is 0.0967. The van der Waals surface area contributed by atoms with Gasteiger partial charge in [0, 0.05) is 0 Å². The van der Waals surface area contributed by atoms with Crippen LogP contribution in [0.2, 0.25) is 0 Å². The lowest BCUT2D eigenvalue weighted by atomic mass is 10.2. The van der Waals surface area contributed by atoms with Crippen molar-refractivity contribution in [3.8, 4) is 5.69 Å². The van der Waals surface area contributed by atoms with E-state index in [1.165, 1.54) is 6.20 Å². The highest BCUT2D eigenvalue weighted by atomic mass is 16.1. The molecule has 0 atom stereocenters. The van der Waals surface area contributed by atoms with Gasteiger partial charge in [-0.3, -0.25) is 14.5 Å². The van der Waals surface area contributed by atoms with E-state index in [1.54, 1.807) is 4.57 Å². The second-order valence-electron chi connectivity index (χ2n) is 4.22. The van der Waals surface area contributed by atoms with Gasteiger partial charge < -0.3 is 0 Å². The van der Waals surface area contributed by atoms with Crippen LogP contribution in [-0.4, -0.2) is 19.7 Å². The molecule has 0 saturated heterocycles. The fourth-order valence-electron chi connectivity index (χ4n) is 2.10. The number of rotatable bonds is 1. The van der Waals surface area contributed by atoms with Crippen molar-refractivity contribution in [3.63, 3.8) is 0 Å². The normalized spacial score (nSPS) is 11.0. The van der Waals surface area contributed by atoms with Crippen LogP contribution in [-0.2, 0) is 0 Å². The van der Waals surface area contributed by atoms with E-state index in [9.17, 15) is 4.79 Å². The maximum Gasteiger partial charge on any atom is 0.269 e. The van der Waals surface area contributed by atoms with Gasteiger partial charge in [0.2, 0.25) is 0 Å². The Labute approximate surface area is 103 Å². The molecule has 2 heterocycles. The molecule has 90 valence electrons. The molecule has 0 aliphatic heterocycles. The molecule has 5 nitrogen and oxygen atoms in total. The van der Waals surface area contributed by atoms with Crippen molar-refractivity contribution in [2.75, 3.05) is 0 Å². The van der Waals surface area contributed by atoms with Gasteiger partial charge in [0.15, 0.2) is 5.65 Å². The Morgan fingerprint density at radius 3 is 2.78 bits per heavy atom. The van der Waals surface area contributed by atoms with Crippen molar-refractivity contribution in [3.05, 3.63) is 52.2 Å². The van der Waals surface area contributed by atoms with Crippen LogP contribution in [0.5, 0.6) is 0 Å². The predicted octanol–water partition coefficient (Wildman–Crippen LogP) is 1.73. The fourth-order valence-corrected chi connectivity index (χ4v) is 2.10. The number of H-pyrrole nitrogens is 1. The van der Waals surface area contributed by atoms with Crippen LogP contribution in [0.25, 0.3) is 16.7 Å². The van der Waals surface area contributed by atoms with E-state index in [0.717, 1.165) is 11.3 Å². The summed E-state index contributed by atoms with van der Waals surface area (Å²) in [4.78, 5) is 16.8. The highest BCUT2D eigenvalue weighted by Gasteiger charge is 2.12. The molecule has 1 aromatic carbocycles. The van der Waals surface area contributed by atoms with Crippen LogP contribution < -0.4 is 5.56 Å². The van der Waals surface area contributed by atoms with Crippen molar-refractivity contribution in [2.45, 2.75) is 13.8 Å². The summed E-state index contributed by atoms with van der Waals surface area (Å²) in [6.45, 7) is 3.79. The molecule has 1 N–H and O–H groups in total. The number of aromatic amines is 1. The maximum absolute atomic E-state index is 12.4. The first-order chi connectivity index (χ1) is 8.68. The molecule has 0 aliphatic rings. The van der Waals surface area contributed by atoms with E-state index in [-0.39, 0.29) is 5.56 Å². The second kappa shape index (κ2) is 3.80. The van der Waals surface area contributed by atoms with E-state index in [0.29, 0.717) is 16.9 Å². The average Bonchev–Trinajstić information content (AvgIpc) is 2.79. The van der Waals surface area contributed by atoms with Crippen LogP contribution in [0.1, 0.15) is 11.4 Å². The first-order valence-corrected chi connectivity index (χ1v) is 5.67. The molecule has 0 spiro atoms. The Balaban J connectivity index is 2.43. The van der Waals surface area contributed by atoms with Crippen molar-refractivity contribution in [1.82, 2.24) is 19.7 Å². The molecule has 0 saturated carbocycles. The minimum atomic E-state index is -0.0967. The van der Waals surface area contributed by atoms with Crippen molar-refractivity contribution < 1.29 is 0 Å². The summed E-state index contributed by atoms with van der Waals surface area (Å²) in [6, 6.07) is 7.74. The third-order valence-corrected chi connectivity index (χ3v) is 3.01. The third-order valence-electron chi connectivity index (χ3n) is 3.01. The number of hydrogen-bond acceptors (Lipinski definition) is 3. The summed E-state index contributed by atoms with van der Waals surface area (Å²) >= 11 is 0. The quantitative estimate of drug-likeness (QED) is 0.704. The summed E-state index contributed by atoms with van der Waals surface area (Å²) in [7, 11) is 0. The number of hydrogen-bond donors (Lipinski definition) is 1. The summed E-state index contributed by atoms with van der Waals surface area (Å²) in [5.41, 5.74) is 2.32. The molecule has 3 aromatic rings. The Bertz CT molecular complexity index is 785. The fraction of sp³-hybridized carbons (Fsp3) is 0.154. The van der Waals surface area contributed by atoms with E-state index in [2.05, 4.69) is 15.2 Å². The van der Waals surface area contributed by atoms with Crippen LogP contribution in [0.15, 0.2) is 35.3 Å². The van der Waals surface area contributed by atoms with E-state index in [4.69, 9.17) is 0 Å². The Morgan fingerprint density at radius 2 is 2.00 bits per heavy atom. The van der Waals surface area contributed by atoms with E-state index in [1.807, 2.05) is 38.1 Å². The van der Waals surface area contributed by atoms with Gasteiger partial charge in [0.05, 0.1) is 11.9 Å². The van der Waals surface area contributed by atoms with Crippen LogP contribution in [0, 0.1) is 13.8 Å². The van der Waals surface area contributed by atoms with Crippen molar-refractivity contribution >= 4 is 11.0 Å². The average molecular weight is 240 g/mol. The molecule has 0 radical (unpaired) electrons. The standard InChI is InChI=1S/C13H12N4O/c1-8-5-3-4-6-11(8)17-9(2)15-12-10(13(17)18)7-14-16-12/h3-7H,1-2H3,(H,14,16). The topological polar surface area (TPSA) is 63.6 Å². The molecule has 0 unspecified atom stereocenters.